The van der Waals surface area contributed by atoms with Crippen molar-refractivity contribution < 1.29 is 4.79 Å². The molecule has 2 aliphatic heterocycles. The van der Waals surface area contributed by atoms with Crippen molar-refractivity contribution in [2.75, 3.05) is 20.1 Å². The second-order valence-electron chi connectivity index (χ2n) is 6.01. The lowest BCUT2D eigenvalue weighted by atomic mass is 9.99. The van der Waals surface area contributed by atoms with Crippen LogP contribution in [0.15, 0.2) is 6.07 Å². The van der Waals surface area contributed by atoms with Crippen LogP contribution in [0.2, 0.25) is 0 Å². The van der Waals surface area contributed by atoms with Crippen molar-refractivity contribution in [1.29, 1.82) is 5.26 Å². The van der Waals surface area contributed by atoms with E-state index in [1.165, 1.54) is 12.8 Å². The van der Waals surface area contributed by atoms with Crippen molar-refractivity contribution in [2.45, 2.75) is 44.8 Å². The molecular formula is C15H21N5O. The number of carbonyl (C=O) groups excluding carboxylic acids is 1. The van der Waals surface area contributed by atoms with Crippen LogP contribution in [0, 0.1) is 11.3 Å². The van der Waals surface area contributed by atoms with Crippen LogP contribution in [0.5, 0.6) is 0 Å². The Balaban J connectivity index is 1.62. The Morgan fingerprint density at radius 3 is 3.05 bits per heavy atom. The van der Waals surface area contributed by atoms with Crippen molar-refractivity contribution in [1.82, 2.24) is 19.6 Å². The standard InChI is InChI=1S/C15H21N5O/c1-18-5-3-2-4-13(18)9-15(21)19-6-7-20-14(11-19)8-12(10-16)17-20/h8,13H,2-7,9,11H2,1H3/t13-/m1/s1. The molecule has 6 nitrogen and oxygen atoms in total. The molecule has 2 aliphatic rings. The summed E-state index contributed by atoms with van der Waals surface area (Å²) in [5, 5.41) is 13.1. The highest BCUT2D eigenvalue weighted by atomic mass is 16.2. The maximum absolute atomic E-state index is 12.5. The molecule has 1 aromatic rings. The number of nitriles is 1. The van der Waals surface area contributed by atoms with E-state index < -0.39 is 0 Å². The highest BCUT2D eigenvalue weighted by molar-refractivity contribution is 5.77. The fourth-order valence-electron chi connectivity index (χ4n) is 3.27. The summed E-state index contributed by atoms with van der Waals surface area (Å²) in [7, 11) is 2.11. The molecule has 6 heteroatoms. The number of rotatable bonds is 2. The molecule has 21 heavy (non-hydrogen) atoms. The summed E-state index contributed by atoms with van der Waals surface area (Å²) in [5.41, 5.74) is 1.40. The number of amides is 1. The third kappa shape index (κ3) is 2.93. The largest absolute Gasteiger partial charge is 0.335 e. The van der Waals surface area contributed by atoms with Crippen molar-refractivity contribution in [3.05, 3.63) is 17.5 Å². The molecule has 1 saturated heterocycles. The van der Waals surface area contributed by atoms with Gasteiger partial charge in [0.25, 0.3) is 0 Å². The van der Waals surface area contributed by atoms with Crippen LogP contribution in [-0.4, -0.2) is 51.7 Å². The number of carbonyl (C=O) groups is 1. The van der Waals surface area contributed by atoms with E-state index in [0.717, 1.165) is 18.7 Å². The summed E-state index contributed by atoms with van der Waals surface area (Å²) in [5.74, 6) is 0.222. The van der Waals surface area contributed by atoms with Crippen LogP contribution >= 0.6 is 0 Å². The number of hydrogen-bond donors (Lipinski definition) is 0. The topological polar surface area (TPSA) is 65.2 Å². The number of fused-ring (bicyclic) bond motifs is 1. The zero-order chi connectivity index (χ0) is 14.8. The maximum atomic E-state index is 12.5. The summed E-state index contributed by atoms with van der Waals surface area (Å²) >= 11 is 0. The van der Waals surface area contributed by atoms with E-state index in [1.54, 1.807) is 6.07 Å². The van der Waals surface area contributed by atoms with Crippen LogP contribution in [0.3, 0.4) is 0 Å². The molecule has 0 bridgehead atoms. The van der Waals surface area contributed by atoms with Crippen molar-refractivity contribution in [3.63, 3.8) is 0 Å². The van der Waals surface area contributed by atoms with Gasteiger partial charge >= 0.3 is 0 Å². The van der Waals surface area contributed by atoms with E-state index in [-0.39, 0.29) is 5.91 Å². The first-order chi connectivity index (χ1) is 10.2. The Morgan fingerprint density at radius 1 is 1.43 bits per heavy atom. The lowest BCUT2D eigenvalue weighted by Crippen LogP contribution is -2.43. The summed E-state index contributed by atoms with van der Waals surface area (Å²) in [6, 6.07) is 4.22. The van der Waals surface area contributed by atoms with Gasteiger partial charge in [-0.3, -0.25) is 9.48 Å². The molecule has 3 rings (SSSR count). The first kappa shape index (κ1) is 14.1. The third-order valence-corrected chi connectivity index (χ3v) is 4.60. The molecule has 0 N–H and O–H groups in total. The van der Waals surface area contributed by atoms with Gasteiger partial charge in [0.2, 0.25) is 5.91 Å². The minimum atomic E-state index is 0.222. The van der Waals surface area contributed by atoms with Crippen molar-refractivity contribution >= 4 is 5.91 Å². The SMILES string of the molecule is CN1CCCC[C@@H]1CC(=O)N1CCn2nc(C#N)cc2C1. The van der Waals surface area contributed by atoms with Gasteiger partial charge in [-0.25, -0.2) is 0 Å². The van der Waals surface area contributed by atoms with Crippen molar-refractivity contribution in [2.24, 2.45) is 0 Å². The molecule has 1 fully saturated rings. The molecule has 1 atom stereocenters. The molecule has 0 spiro atoms. The van der Waals surface area contributed by atoms with Gasteiger partial charge < -0.3 is 9.80 Å². The predicted octanol–water partition coefficient (Wildman–Crippen LogP) is 0.971. The molecule has 0 aromatic carbocycles. The quantitative estimate of drug-likeness (QED) is 0.813. The lowest BCUT2D eigenvalue weighted by Gasteiger charge is -2.34. The minimum absolute atomic E-state index is 0.222. The Bertz CT molecular complexity index is 573. The Kier molecular flexibility index (Phi) is 3.93. The van der Waals surface area contributed by atoms with Crippen molar-refractivity contribution in [3.8, 4) is 6.07 Å². The lowest BCUT2D eigenvalue weighted by molar-refractivity contribution is -0.134. The third-order valence-electron chi connectivity index (χ3n) is 4.60. The second kappa shape index (κ2) is 5.86. The van der Waals surface area contributed by atoms with Gasteiger partial charge in [-0.2, -0.15) is 10.4 Å². The summed E-state index contributed by atoms with van der Waals surface area (Å²) in [6.07, 6.45) is 4.18. The highest BCUT2D eigenvalue weighted by Crippen LogP contribution is 2.20. The minimum Gasteiger partial charge on any atom is -0.335 e. The normalized spacial score (nSPS) is 22.7. The highest BCUT2D eigenvalue weighted by Gasteiger charge is 2.27. The summed E-state index contributed by atoms with van der Waals surface area (Å²) in [6.45, 7) is 3.04. The Morgan fingerprint density at radius 2 is 2.29 bits per heavy atom. The average Bonchev–Trinajstić information content (AvgIpc) is 2.91. The number of piperidine rings is 1. The van der Waals surface area contributed by atoms with Gasteiger partial charge in [0.1, 0.15) is 6.07 Å². The monoisotopic (exact) mass is 287 g/mol. The smallest absolute Gasteiger partial charge is 0.224 e. The average molecular weight is 287 g/mol. The van der Waals surface area contributed by atoms with Crippen LogP contribution in [-0.2, 0) is 17.9 Å². The van der Waals surface area contributed by atoms with E-state index in [4.69, 9.17) is 5.26 Å². The summed E-state index contributed by atoms with van der Waals surface area (Å²) in [4.78, 5) is 16.7. The Labute approximate surface area is 124 Å². The predicted molar refractivity (Wildman–Crippen MR) is 77.2 cm³/mol. The van der Waals surface area contributed by atoms with Gasteiger partial charge in [-0.05, 0) is 32.5 Å². The fraction of sp³-hybridized carbons (Fsp3) is 0.667. The zero-order valence-corrected chi connectivity index (χ0v) is 12.5. The second-order valence-corrected chi connectivity index (χ2v) is 6.01. The first-order valence-electron chi connectivity index (χ1n) is 7.62. The molecule has 0 aliphatic carbocycles. The van der Waals surface area contributed by atoms with Crippen LogP contribution < -0.4 is 0 Å². The number of nitrogens with zero attached hydrogens (tertiary/aromatic N) is 5. The van der Waals surface area contributed by atoms with Gasteiger partial charge in [-0.1, -0.05) is 6.42 Å². The zero-order valence-electron chi connectivity index (χ0n) is 12.5. The van der Waals surface area contributed by atoms with E-state index in [2.05, 4.69) is 23.1 Å². The molecule has 1 amide bonds. The van der Waals surface area contributed by atoms with Crippen LogP contribution in [0.4, 0.5) is 0 Å². The van der Waals surface area contributed by atoms with Gasteiger partial charge in [0.05, 0.1) is 18.8 Å². The molecule has 112 valence electrons. The molecule has 0 radical (unpaired) electrons. The van der Waals surface area contributed by atoms with Crippen LogP contribution in [0.1, 0.15) is 37.1 Å². The fourth-order valence-corrected chi connectivity index (χ4v) is 3.27. The van der Waals surface area contributed by atoms with Crippen LogP contribution in [0.25, 0.3) is 0 Å². The molecule has 0 saturated carbocycles. The van der Waals surface area contributed by atoms with Gasteiger partial charge in [-0.15, -0.1) is 0 Å². The van der Waals surface area contributed by atoms with Gasteiger partial charge in [0.15, 0.2) is 5.69 Å². The van der Waals surface area contributed by atoms with E-state index in [1.807, 2.05) is 9.58 Å². The number of aromatic nitrogens is 2. The van der Waals surface area contributed by atoms with E-state index in [0.29, 0.717) is 37.8 Å². The maximum Gasteiger partial charge on any atom is 0.224 e. The van der Waals surface area contributed by atoms with E-state index in [9.17, 15) is 4.79 Å². The Hall–Kier alpha value is -1.87. The summed E-state index contributed by atoms with van der Waals surface area (Å²) < 4.78 is 1.84. The number of likely N-dealkylation sites (tertiary alicyclic amines) is 1. The molecular weight excluding hydrogens is 266 g/mol. The first-order valence-corrected chi connectivity index (χ1v) is 7.62. The van der Waals surface area contributed by atoms with E-state index >= 15 is 0 Å². The number of hydrogen-bond acceptors (Lipinski definition) is 4. The molecule has 0 unspecified atom stereocenters. The molecule has 1 aromatic heterocycles. The van der Waals surface area contributed by atoms with Gasteiger partial charge in [0, 0.05) is 19.0 Å². The molecule has 3 heterocycles.